The zero-order valence-corrected chi connectivity index (χ0v) is 23.8. The average molecular weight is 605 g/mol. The third-order valence-electron chi connectivity index (χ3n) is 7.03. The number of cyclic esters (lactones) is 1. The van der Waals surface area contributed by atoms with Gasteiger partial charge in [0.1, 0.15) is 16.7 Å². The number of carbonyl (C=O) groups is 5. The fourth-order valence-electron chi connectivity index (χ4n) is 4.56. The molecule has 3 aliphatic heterocycles. The maximum atomic E-state index is 12.6. The first-order chi connectivity index (χ1) is 20.3. The highest BCUT2D eigenvalue weighted by molar-refractivity contribution is 6.15. The summed E-state index contributed by atoms with van der Waals surface area (Å²) in [5.41, 5.74) is -0.743. The van der Waals surface area contributed by atoms with Crippen LogP contribution in [0.2, 0.25) is 0 Å². The van der Waals surface area contributed by atoms with Crippen LogP contribution in [-0.4, -0.2) is 64.0 Å². The molecule has 2 N–H and O–H groups in total. The second-order valence-corrected chi connectivity index (χ2v) is 10.4. The van der Waals surface area contributed by atoms with Gasteiger partial charge in [0.2, 0.25) is 0 Å². The van der Waals surface area contributed by atoms with E-state index in [1.807, 2.05) is 6.92 Å². The van der Waals surface area contributed by atoms with Gasteiger partial charge in [-0.2, -0.15) is 0 Å². The van der Waals surface area contributed by atoms with Crippen molar-refractivity contribution in [3.63, 3.8) is 0 Å². The van der Waals surface area contributed by atoms with Crippen molar-refractivity contribution >= 4 is 29.8 Å². The number of esters is 5. The van der Waals surface area contributed by atoms with Crippen LogP contribution in [0.3, 0.4) is 0 Å². The normalized spacial score (nSPS) is 29.3. The number of rotatable bonds is 8. The Kier molecular flexibility index (Phi) is 8.88. The number of hydrogen-bond donors (Lipinski definition) is 2. The standard InChI is InChI=1S/C29H32O14/c1-4-16-37-20(30)10-11-27(3)38-23(33)18(24(34)39-27)8-6-5-7-9-19-25(35)42-29(43-26(19)36)14-12-28(13-15-29)40-21(31)17(2)22(32)41-28/h5-9,31,33H,4,10-16H2,1-3H3/b7-5+,8-6+,19-9?. The van der Waals surface area contributed by atoms with Gasteiger partial charge < -0.3 is 43.4 Å². The first-order valence-corrected chi connectivity index (χ1v) is 13.6. The summed E-state index contributed by atoms with van der Waals surface area (Å²) in [6.45, 7) is 4.88. The summed E-state index contributed by atoms with van der Waals surface area (Å²) in [7, 11) is 0. The molecule has 14 heteroatoms. The number of carbonyl (C=O) groups excluding carboxylic acids is 5. The Balaban J connectivity index is 1.32. The van der Waals surface area contributed by atoms with E-state index >= 15 is 0 Å². The van der Waals surface area contributed by atoms with Crippen LogP contribution in [0, 0.1) is 0 Å². The van der Waals surface area contributed by atoms with Crippen LogP contribution in [0.5, 0.6) is 0 Å². The molecule has 3 heterocycles. The second-order valence-electron chi connectivity index (χ2n) is 10.4. The smallest absolute Gasteiger partial charge is 0.348 e. The minimum absolute atomic E-state index is 0.000119. The molecule has 4 aliphatic rings. The van der Waals surface area contributed by atoms with E-state index in [-0.39, 0.29) is 61.9 Å². The van der Waals surface area contributed by atoms with Gasteiger partial charge in [0.15, 0.2) is 0 Å². The van der Waals surface area contributed by atoms with Gasteiger partial charge >= 0.3 is 29.8 Å². The SMILES string of the molecule is CCCOC(=O)CCC1(C)OC(=O)C(/C=C/C=C/C=C2C(=O)OC3(CCC4(CC3)OC(=O)C(C)=C(O)O4)OC2=O)=C(O)O1. The van der Waals surface area contributed by atoms with Crippen LogP contribution in [0.1, 0.15) is 65.7 Å². The van der Waals surface area contributed by atoms with E-state index in [0.717, 1.165) is 6.08 Å². The van der Waals surface area contributed by atoms with Gasteiger partial charge in [0.25, 0.3) is 29.3 Å². The molecule has 1 unspecified atom stereocenters. The van der Waals surface area contributed by atoms with Crippen molar-refractivity contribution in [3.8, 4) is 0 Å². The lowest BCUT2D eigenvalue weighted by Crippen LogP contribution is -2.54. The zero-order valence-electron chi connectivity index (χ0n) is 23.8. The largest absolute Gasteiger partial charge is 0.481 e. The van der Waals surface area contributed by atoms with Crippen LogP contribution < -0.4 is 0 Å². The lowest BCUT2D eigenvalue weighted by Gasteiger charge is -2.45. The second kappa shape index (κ2) is 12.2. The van der Waals surface area contributed by atoms with Crippen LogP contribution in [0.15, 0.2) is 59.0 Å². The number of aliphatic hydroxyl groups excluding tert-OH is 2. The van der Waals surface area contributed by atoms with Crippen molar-refractivity contribution in [1.82, 2.24) is 0 Å². The molecule has 1 saturated heterocycles. The van der Waals surface area contributed by atoms with Crippen LogP contribution in [0.4, 0.5) is 0 Å². The molecule has 2 fully saturated rings. The van der Waals surface area contributed by atoms with Crippen LogP contribution in [0.25, 0.3) is 0 Å². The lowest BCUT2D eigenvalue weighted by molar-refractivity contribution is -0.297. The maximum absolute atomic E-state index is 12.6. The summed E-state index contributed by atoms with van der Waals surface area (Å²) in [5, 5.41) is 20.1. The molecule has 43 heavy (non-hydrogen) atoms. The zero-order chi connectivity index (χ0) is 31.4. The molecule has 0 amide bonds. The Labute approximate surface area is 246 Å². The van der Waals surface area contributed by atoms with Gasteiger partial charge in [0.05, 0.1) is 13.0 Å². The van der Waals surface area contributed by atoms with Gasteiger partial charge in [-0.3, -0.25) is 4.79 Å². The van der Waals surface area contributed by atoms with Crippen molar-refractivity contribution in [2.45, 2.75) is 83.1 Å². The summed E-state index contributed by atoms with van der Waals surface area (Å²) >= 11 is 0. The molecule has 0 aromatic rings. The van der Waals surface area contributed by atoms with Gasteiger partial charge in [0, 0.05) is 39.0 Å². The Bertz CT molecular complexity index is 1330. The molecule has 4 rings (SSSR count). The summed E-state index contributed by atoms with van der Waals surface area (Å²) in [6.07, 6.45) is 6.84. The Morgan fingerprint density at radius 3 is 2.00 bits per heavy atom. The van der Waals surface area contributed by atoms with Crippen molar-refractivity contribution < 1.29 is 67.3 Å². The highest BCUT2D eigenvalue weighted by atomic mass is 16.8. The minimum Gasteiger partial charge on any atom is -0.481 e. The van der Waals surface area contributed by atoms with E-state index < -0.39 is 59.1 Å². The topological polar surface area (TPSA) is 190 Å². The summed E-state index contributed by atoms with van der Waals surface area (Å²) in [6, 6.07) is 0. The van der Waals surface area contributed by atoms with Crippen molar-refractivity contribution in [2.24, 2.45) is 0 Å². The van der Waals surface area contributed by atoms with Crippen LogP contribution in [-0.2, 0) is 57.1 Å². The molecule has 0 radical (unpaired) electrons. The third kappa shape index (κ3) is 7.01. The number of allylic oxidation sites excluding steroid dienone is 4. The van der Waals surface area contributed by atoms with Gasteiger partial charge in [-0.15, -0.1) is 0 Å². The van der Waals surface area contributed by atoms with Crippen molar-refractivity contribution in [3.05, 3.63) is 59.0 Å². The van der Waals surface area contributed by atoms with Crippen molar-refractivity contribution in [2.75, 3.05) is 6.61 Å². The lowest BCUT2D eigenvalue weighted by atomic mass is 9.87. The van der Waals surface area contributed by atoms with Gasteiger partial charge in [-0.25, -0.2) is 19.2 Å². The minimum atomic E-state index is -1.57. The predicted molar refractivity (Wildman–Crippen MR) is 141 cm³/mol. The highest BCUT2D eigenvalue weighted by Gasteiger charge is 2.55. The van der Waals surface area contributed by atoms with Crippen molar-refractivity contribution in [1.29, 1.82) is 0 Å². The van der Waals surface area contributed by atoms with E-state index in [4.69, 9.17) is 33.2 Å². The molecular formula is C29H32O14. The molecule has 0 bridgehead atoms. The average Bonchev–Trinajstić information content (AvgIpc) is 2.93. The molecule has 14 nitrogen and oxygen atoms in total. The molecular weight excluding hydrogens is 572 g/mol. The van der Waals surface area contributed by atoms with Crippen LogP contribution >= 0.6 is 0 Å². The molecule has 1 aliphatic carbocycles. The molecule has 232 valence electrons. The van der Waals surface area contributed by atoms with E-state index in [1.54, 1.807) is 0 Å². The monoisotopic (exact) mass is 604 g/mol. The van der Waals surface area contributed by atoms with E-state index in [2.05, 4.69) is 0 Å². The molecule has 0 aromatic heterocycles. The summed E-state index contributed by atoms with van der Waals surface area (Å²) in [4.78, 5) is 61.4. The maximum Gasteiger partial charge on any atom is 0.348 e. The number of aliphatic hydroxyl groups is 2. The first-order valence-electron chi connectivity index (χ1n) is 13.6. The highest BCUT2D eigenvalue weighted by Crippen LogP contribution is 2.45. The summed E-state index contributed by atoms with van der Waals surface area (Å²) < 4.78 is 37.2. The first kappa shape index (κ1) is 31.2. The predicted octanol–water partition coefficient (Wildman–Crippen LogP) is 3.25. The molecule has 1 atom stereocenters. The Morgan fingerprint density at radius 1 is 0.814 bits per heavy atom. The van der Waals surface area contributed by atoms with E-state index in [9.17, 15) is 34.2 Å². The van der Waals surface area contributed by atoms with E-state index in [1.165, 1.54) is 38.2 Å². The van der Waals surface area contributed by atoms with E-state index in [0.29, 0.717) is 6.42 Å². The van der Waals surface area contributed by atoms with Gasteiger partial charge in [-0.1, -0.05) is 25.2 Å². The van der Waals surface area contributed by atoms with Gasteiger partial charge in [-0.05, 0) is 25.5 Å². The quantitative estimate of drug-likeness (QED) is 0.135. The molecule has 0 aromatic carbocycles. The molecule has 1 saturated carbocycles. The fourth-order valence-corrected chi connectivity index (χ4v) is 4.56. The summed E-state index contributed by atoms with van der Waals surface area (Å²) in [5.74, 6) is -9.78. The Hall–Kier alpha value is -4.75. The number of hydrogen-bond acceptors (Lipinski definition) is 14. The number of ether oxygens (including phenoxy) is 7. The third-order valence-corrected chi connectivity index (χ3v) is 7.03. The Morgan fingerprint density at radius 2 is 1.42 bits per heavy atom. The fraction of sp³-hybridized carbons (Fsp3) is 0.483. The molecule has 2 spiro atoms.